The molecule has 1 aromatic heterocycles. The van der Waals surface area contributed by atoms with Crippen LogP contribution in [0.15, 0.2) is 60.8 Å². The quantitative estimate of drug-likeness (QED) is 0.673. The second-order valence-corrected chi connectivity index (χ2v) is 6.50. The third kappa shape index (κ3) is 3.36. The van der Waals surface area contributed by atoms with Gasteiger partial charge in [0, 0.05) is 35.8 Å². The van der Waals surface area contributed by atoms with E-state index in [-0.39, 0.29) is 17.9 Å². The zero-order chi connectivity index (χ0) is 17.1. The Morgan fingerprint density at radius 2 is 1.96 bits per heavy atom. The van der Waals surface area contributed by atoms with Crippen molar-refractivity contribution >= 4 is 16.7 Å². The predicted molar refractivity (Wildman–Crippen MR) is 98.8 cm³/mol. The summed E-state index contributed by atoms with van der Waals surface area (Å²) >= 11 is 0. The Balaban J connectivity index is 1.63. The minimum absolute atomic E-state index is 0.0849. The SMILES string of the molecule is O=C(c1c[nH]c2ccccc12)[C@@H](NC[C@H]1CCCO1)c1ccccc1. The number of hydrogen-bond donors (Lipinski definition) is 2. The first-order chi connectivity index (χ1) is 12.3. The summed E-state index contributed by atoms with van der Waals surface area (Å²) in [6.07, 6.45) is 4.16. The summed E-state index contributed by atoms with van der Waals surface area (Å²) in [5.41, 5.74) is 2.69. The molecule has 1 saturated heterocycles. The van der Waals surface area contributed by atoms with Gasteiger partial charge in [-0.3, -0.25) is 4.79 Å². The van der Waals surface area contributed by atoms with E-state index in [1.165, 1.54) is 0 Å². The lowest BCUT2D eigenvalue weighted by Crippen LogP contribution is -2.34. The fourth-order valence-electron chi connectivity index (χ4n) is 3.49. The molecule has 2 atom stereocenters. The van der Waals surface area contributed by atoms with Crippen molar-refractivity contribution in [1.29, 1.82) is 0 Å². The van der Waals surface area contributed by atoms with Crippen molar-refractivity contribution in [2.45, 2.75) is 25.0 Å². The van der Waals surface area contributed by atoms with Crippen LogP contribution in [0.1, 0.15) is 34.8 Å². The van der Waals surface area contributed by atoms with Crippen LogP contribution in [0.5, 0.6) is 0 Å². The molecule has 0 saturated carbocycles. The molecule has 0 aliphatic carbocycles. The molecule has 128 valence electrons. The molecule has 4 heteroatoms. The van der Waals surface area contributed by atoms with E-state index in [1.807, 2.05) is 60.8 Å². The van der Waals surface area contributed by atoms with Crippen molar-refractivity contribution in [2.24, 2.45) is 0 Å². The Morgan fingerprint density at radius 3 is 2.76 bits per heavy atom. The van der Waals surface area contributed by atoms with Gasteiger partial charge in [-0.25, -0.2) is 0 Å². The van der Waals surface area contributed by atoms with Crippen molar-refractivity contribution in [3.63, 3.8) is 0 Å². The number of H-pyrrole nitrogens is 1. The van der Waals surface area contributed by atoms with Crippen LogP contribution in [-0.2, 0) is 4.74 Å². The van der Waals surface area contributed by atoms with Gasteiger partial charge >= 0.3 is 0 Å². The Labute approximate surface area is 147 Å². The summed E-state index contributed by atoms with van der Waals surface area (Å²) < 4.78 is 5.70. The van der Waals surface area contributed by atoms with Crippen LogP contribution in [0.4, 0.5) is 0 Å². The summed E-state index contributed by atoms with van der Waals surface area (Å²) in [7, 11) is 0. The first kappa shape index (κ1) is 16.1. The molecule has 25 heavy (non-hydrogen) atoms. The van der Waals surface area contributed by atoms with Crippen LogP contribution in [0.25, 0.3) is 10.9 Å². The van der Waals surface area contributed by atoms with Crippen LogP contribution in [0, 0.1) is 0 Å². The van der Waals surface area contributed by atoms with Gasteiger partial charge in [0.2, 0.25) is 0 Å². The molecular formula is C21H22N2O2. The van der Waals surface area contributed by atoms with E-state index in [1.54, 1.807) is 0 Å². The molecule has 2 heterocycles. The number of carbonyl (C=O) groups excluding carboxylic acids is 1. The Hall–Kier alpha value is -2.43. The lowest BCUT2D eigenvalue weighted by Gasteiger charge is -2.20. The molecule has 0 radical (unpaired) electrons. The van der Waals surface area contributed by atoms with Crippen LogP contribution in [0.2, 0.25) is 0 Å². The molecule has 2 N–H and O–H groups in total. The van der Waals surface area contributed by atoms with Crippen LogP contribution >= 0.6 is 0 Å². The van der Waals surface area contributed by atoms with Gasteiger partial charge in [0.1, 0.15) is 0 Å². The Bertz CT molecular complexity index is 850. The van der Waals surface area contributed by atoms with E-state index in [0.717, 1.165) is 41.5 Å². The monoisotopic (exact) mass is 334 g/mol. The molecule has 4 nitrogen and oxygen atoms in total. The second kappa shape index (κ2) is 7.21. The third-order valence-electron chi connectivity index (χ3n) is 4.82. The lowest BCUT2D eigenvalue weighted by atomic mass is 9.96. The standard InChI is InChI=1S/C21H22N2O2/c24-21(18-14-22-19-11-5-4-10-17(18)19)20(15-7-2-1-3-8-15)23-13-16-9-6-12-25-16/h1-5,7-8,10-11,14,16,20,22-23H,6,9,12-13H2/t16-,20+/m1/s1. The zero-order valence-corrected chi connectivity index (χ0v) is 14.1. The van der Waals surface area contributed by atoms with Gasteiger partial charge in [0.05, 0.1) is 12.1 Å². The lowest BCUT2D eigenvalue weighted by molar-refractivity contribution is 0.0893. The number of hydrogen-bond acceptors (Lipinski definition) is 3. The van der Waals surface area contributed by atoms with Gasteiger partial charge in [-0.05, 0) is 24.5 Å². The first-order valence-corrected chi connectivity index (χ1v) is 8.83. The van der Waals surface area contributed by atoms with E-state index < -0.39 is 0 Å². The zero-order valence-electron chi connectivity index (χ0n) is 14.1. The van der Waals surface area contributed by atoms with Crippen molar-refractivity contribution in [3.8, 4) is 0 Å². The number of nitrogens with one attached hydrogen (secondary N) is 2. The Morgan fingerprint density at radius 1 is 1.16 bits per heavy atom. The largest absolute Gasteiger partial charge is 0.377 e. The number of Topliss-reactive ketones (excluding diaryl/α,β-unsaturated/α-hetero) is 1. The number of rotatable bonds is 6. The number of para-hydroxylation sites is 1. The highest BCUT2D eigenvalue weighted by Crippen LogP contribution is 2.25. The third-order valence-corrected chi connectivity index (χ3v) is 4.82. The van der Waals surface area contributed by atoms with Gasteiger partial charge in [0.15, 0.2) is 5.78 Å². The first-order valence-electron chi connectivity index (χ1n) is 8.83. The number of carbonyl (C=O) groups is 1. The van der Waals surface area contributed by atoms with Crippen LogP contribution < -0.4 is 5.32 Å². The topological polar surface area (TPSA) is 54.1 Å². The predicted octanol–water partition coefficient (Wildman–Crippen LogP) is 3.86. The fraction of sp³-hybridized carbons (Fsp3) is 0.286. The minimum Gasteiger partial charge on any atom is -0.377 e. The number of benzene rings is 2. The molecule has 4 rings (SSSR count). The molecule has 0 amide bonds. The molecular weight excluding hydrogens is 312 g/mol. The van der Waals surface area contributed by atoms with Crippen molar-refractivity contribution in [3.05, 3.63) is 71.9 Å². The van der Waals surface area contributed by atoms with Gasteiger partial charge in [0.25, 0.3) is 0 Å². The number of fused-ring (bicyclic) bond motifs is 1. The molecule has 2 aromatic carbocycles. The van der Waals surface area contributed by atoms with Gasteiger partial charge in [-0.2, -0.15) is 0 Å². The summed E-state index contributed by atoms with van der Waals surface area (Å²) in [6.45, 7) is 1.51. The highest BCUT2D eigenvalue weighted by Gasteiger charge is 2.26. The summed E-state index contributed by atoms with van der Waals surface area (Å²) in [6, 6.07) is 17.4. The average molecular weight is 334 g/mol. The number of ketones is 1. The maximum atomic E-state index is 13.3. The van der Waals surface area contributed by atoms with E-state index in [4.69, 9.17) is 4.74 Å². The maximum Gasteiger partial charge on any atom is 0.186 e. The molecule has 0 bridgehead atoms. The normalized spacial score (nSPS) is 18.5. The number of aromatic nitrogens is 1. The number of ether oxygens (including phenoxy) is 1. The van der Waals surface area contributed by atoms with Crippen LogP contribution in [0.3, 0.4) is 0 Å². The van der Waals surface area contributed by atoms with E-state index in [2.05, 4.69) is 10.3 Å². The van der Waals surface area contributed by atoms with Crippen LogP contribution in [-0.4, -0.2) is 30.0 Å². The highest BCUT2D eigenvalue weighted by molar-refractivity contribution is 6.10. The molecule has 1 fully saturated rings. The highest BCUT2D eigenvalue weighted by atomic mass is 16.5. The molecule has 0 unspecified atom stereocenters. The minimum atomic E-state index is -0.371. The molecule has 1 aliphatic rings. The average Bonchev–Trinajstić information content (AvgIpc) is 3.32. The van der Waals surface area contributed by atoms with Crippen molar-refractivity contribution < 1.29 is 9.53 Å². The van der Waals surface area contributed by atoms with Crippen molar-refractivity contribution in [1.82, 2.24) is 10.3 Å². The van der Waals surface area contributed by atoms with Gasteiger partial charge < -0.3 is 15.0 Å². The van der Waals surface area contributed by atoms with E-state index in [9.17, 15) is 4.79 Å². The Kier molecular flexibility index (Phi) is 4.63. The summed E-state index contributed by atoms with van der Waals surface area (Å²) in [5.74, 6) is 0.0849. The smallest absolute Gasteiger partial charge is 0.186 e. The molecule has 1 aliphatic heterocycles. The maximum absolute atomic E-state index is 13.3. The fourth-order valence-corrected chi connectivity index (χ4v) is 3.49. The van der Waals surface area contributed by atoms with E-state index >= 15 is 0 Å². The number of aromatic amines is 1. The molecule has 0 spiro atoms. The second-order valence-electron chi connectivity index (χ2n) is 6.50. The molecule has 3 aromatic rings. The van der Waals surface area contributed by atoms with Gasteiger partial charge in [-0.1, -0.05) is 48.5 Å². The summed E-state index contributed by atoms with van der Waals surface area (Å²) in [4.78, 5) is 16.5. The van der Waals surface area contributed by atoms with Gasteiger partial charge in [-0.15, -0.1) is 0 Å². The summed E-state index contributed by atoms with van der Waals surface area (Å²) in [5, 5.41) is 4.41. The van der Waals surface area contributed by atoms with E-state index in [0.29, 0.717) is 6.54 Å². The van der Waals surface area contributed by atoms with Crippen molar-refractivity contribution in [2.75, 3.05) is 13.2 Å².